The van der Waals surface area contributed by atoms with Gasteiger partial charge in [-0.2, -0.15) is 5.10 Å². The molecule has 5 rings (SSSR count). The van der Waals surface area contributed by atoms with E-state index in [0.29, 0.717) is 5.82 Å². The number of piperidine rings is 1. The molecular formula is C22H23ClN6O. The first kappa shape index (κ1) is 20.1. The third-order valence-corrected chi connectivity index (χ3v) is 5.24. The van der Waals surface area contributed by atoms with Crippen LogP contribution in [0.1, 0.15) is 18.9 Å². The number of anilines is 1. The second-order valence-electron chi connectivity index (χ2n) is 7.19. The van der Waals surface area contributed by atoms with E-state index in [4.69, 9.17) is 15.6 Å². The summed E-state index contributed by atoms with van der Waals surface area (Å²) in [4.78, 5) is 8.69. The van der Waals surface area contributed by atoms with E-state index in [-0.39, 0.29) is 18.4 Å². The minimum Gasteiger partial charge on any atom is -0.457 e. The van der Waals surface area contributed by atoms with Gasteiger partial charge in [-0.1, -0.05) is 18.2 Å². The van der Waals surface area contributed by atoms with Gasteiger partial charge in [0.15, 0.2) is 5.65 Å². The van der Waals surface area contributed by atoms with Crippen LogP contribution in [0.2, 0.25) is 0 Å². The van der Waals surface area contributed by atoms with Gasteiger partial charge in [-0.05, 0) is 55.8 Å². The molecule has 3 N–H and O–H groups in total. The molecule has 154 valence electrons. The van der Waals surface area contributed by atoms with Gasteiger partial charge in [0.25, 0.3) is 0 Å². The fraction of sp³-hybridized carbons (Fsp3) is 0.227. The Balaban J connectivity index is 0.00000218. The van der Waals surface area contributed by atoms with Gasteiger partial charge in [-0.25, -0.2) is 14.6 Å². The third-order valence-electron chi connectivity index (χ3n) is 5.24. The zero-order valence-corrected chi connectivity index (χ0v) is 17.2. The molecule has 1 fully saturated rings. The van der Waals surface area contributed by atoms with Crippen LogP contribution in [0.3, 0.4) is 0 Å². The molecule has 1 aliphatic rings. The van der Waals surface area contributed by atoms with Crippen LogP contribution in [0.5, 0.6) is 11.5 Å². The SMILES string of the molecule is Cl.Nc1ncnc2c1c(-c1ccc(Oc3ccccc3)cc1)nn2[C@@H]1CCCNC1. The highest BCUT2D eigenvalue weighted by Crippen LogP contribution is 2.34. The highest BCUT2D eigenvalue weighted by molar-refractivity contribution is 5.98. The van der Waals surface area contributed by atoms with Crippen LogP contribution in [0, 0.1) is 0 Å². The first-order chi connectivity index (χ1) is 14.3. The van der Waals surface area contributed by atoms with Crippen molar-refractivity contribution in [2.45, 2.75) is 18.9 Å². The summed E-state index contributed by atoms with van der Waals surface area (Å²) in [6, 6.07) is 17.9. The van der Waals surface area contributed by atoms with Crippen LogP contribution in [0.15, 0.2) is 60.9 Å². The molecule has 0 spiro atoms. The largest absolute Gasteiger partial charge is 0.457 e. The molecule has 1 saturated heterocycles. The van der Waals surface area contributed by atoms with Crippen molar-refractivity contribution >= 4 is 29.3 Å². The maximum absolute atomic E-state index is 6.22. The molecule has 1 aliphatic heterocycles. The summed E-state index contributed by atoms with van der Waals surface area (Å²) in [5, 5.41) is 9.15. The second-order valence-corrected chi connectivity index (χ2v) is 7.19. The number of halogens is 1. The van der Waals surface area contributed by atoms with E-state index >= 15 is 0 Å². The number of benzene rings is 2. The number of hydrogen-bond acceptors (Lipinski definition) is 6. The molecule has 2 aromatic carbocycles. The number of fused-ring (bicyclic) bond motifs is 1. The molecule has 3 heterocycles. The van der Waals surface area contributed by atoms with E-state index in [2.05, 4.69) is 15.3 Å². The van der Waals surface area contributed by atoms with E-state index in [0.717, 1.165) is 59.7 Å². The third kappa shape index (κ3) is 3.81. The number of ether oxygens (including phenoxy) is 1. The lowest BCUT2D eigenvalue weighted by Gasteiger charge is -2.23. The number of nitrogen functional groups attached to an aromatic ring is 1. The van der Waals surface area contributed by atoms with Gasteiger partial charge in [-0.3, -0.25) is 0 Å². The Bertz CT molecular complexity index is 1120. The van der Waals surface area contributed by atoms with Gasteiger partial charge in [-0.15, -0.1) is 12.4 Å². The van der Waals surface area contributed by atoms with Crippen molar-refractivity contribution in [3.63, 3.8) is 0 Å². The predicted molar refractivity (Wildman–Crippen MR) is 120 cm³/mol. The van der Waals surface area contributed by atoms with Gasteiger partial charge in [0.2, 0.25) is 0 Å². The second kappa shape index (κ2) is 8.69. The molecule has 8 heteroatoms. The molecule has 7 nitrogen and oxygen atoms in total. The lowest BCUT2D eigenvalue weighted by molar-refractivity contribution is 0.354. The van der Waals surface area contributed by atoms with Crippen LogP contribution >= 0.6 is 12.4 Å². The quantitative estimate of drug-likeness (QED) is 0.511. The maximum atomic E-state index is 6.22. The molecular weight excluding hydrogens is 400 g/mol. The minimum absolute atomic E-state index is 0. The van der Waals surface area contributed by atoms with Gasteiger partial charge >= 0.3 is 0 Å². The lowest BCUT2D eigenvalue weighted by Crippen LogP contribution is -2.32. The van der Waals surface area contributed by atoms with Crippen molar-refractivity contribution in [2.24, 2.45) is 0 Å². The summed E-state index contributed by atoms with van der Waals surface area (Å²) in [7, 11) is 0. The van der Waals surface area contributed by atoms with E-state index in [1.807, 2.05) is 59.3 Å². The number of rotatable bonds is 4. The van der Waals surface area contributed by atoms with Gasteiger partial charge in [0.05, 0.1) is 11.4 Å². The number of nitrogens with one attached hydrogen (secondary N) is 1. The van der Waals surface area contributed by atoms with Crippen molar-refractivity contribution in [3.05, 3.63) is 60.9 Å². The first-order valence-electron chi connectivity index (χ1n) is 9.82. The zero-order chi connectivity index (χ0) is 19.6. The Morgan fingerprint density at radius 1 is 1.00 bits per heavy atom. The van der Waals surface area contributed by atoms with Crippen LogP contribution in [0.25, 0.3) is 22.3 Å². The average Bonchev–Trinajstić information content (AvgIpc) is 3.17. The summed E-state index contributed by atoms with van der Waals surface area (Å²) in [5.74, 6) is 2.02. The normalized spacial score (nSPS) is 16.2. The molecule has 1 atom stereocenters. The van der Waals surface area contributed by atoms with Crippen LogP contribution in [0.4, 0.5) is 5.82 Å². The Hall–Kier alpha value is -3.16. The van der Waals surface area contributed by atoms with Gasteiger partial charge in [0, 0.05) is 12.1 Å². The van der Waals surface area contributed by atoms with Crippen molar-refractivity contribution in [1.82, 2.24) is 25.1 Å². The minimum atomic E-state index is 0. The molecule has 0 aliphatic carbocycles. The fourth-order valence-corrected chi connectivity index (χ4v) is 3.80. The topological polar surface area (TPSA) is 90.9 Å². The predicted octanol–water partition coefficient (Wildman–Crippen LogP) is 4.21. The zero-order valence-electron chi connectivity index (χ0n) is 16.4. The summed E-state index contributed by atoms with van der Waals surface area (Å²) in [6.07, 6.45) is 3.69. The standard InChI is InChI=1S/C22H22N6O.ClH/c23-21-19-20(15-8-10-18(11-9-15)29-17-6-2-1-3-7-17)27-28(22(19)26-14-25-21)16-5-4-12-24-13-16;/h1-3,6-11,14,16,24H,4-5,12-13H2,(H2,23,25,26);1H/t16-;/m1./s1. The summed E-state index contributed by atoms with van der Waals surface area (Å²) in [5.41, 5.74) is 8.77. The first-order valence-corrected chi connectivity index (χ1v) is 9.82. The molecule has 0 unspecified atom stereocenters. The van der Waals surface area contributed by atoms with Crippen molar-refractivity contribution in [3.8, 4) is 22.8 Å². The summed E-state index contributed by atoms with van der Waals surface area (Å²) >= 11 is 0. The number of hydrogen-bond donors (Lipinski definition) is 2. The Morgan fingerprint density at radius 3 is 2.50 bits per heavy atom. The Labute approximate surface area is 180 Å². The monoisotopic (exact) mass is 422 g/mol. The van der Waals surface area contributed by atoms with Crippen LogP contribution < -0.4 is 15.8 Å². The molecule has 2 aromatic heterocycles. The lowest BCUT2D eigenvalue weighted by atomic mass is 10.1. The maximum Gasteiger partial charge on any atom is 0.164 e. The Kier molecular flexibility index (Phi) is 5.83. The summed E-state index contributed by atoms with van der Waals surface area (Å²) in [6.45, 7) is 1.92. The smallest absolute Gasteiger partial charge is 0.164 e. The average molecular weight is 423 g/mol. The molecule has 0 saturated carbocycles. The molecule has 0 bridgehead atoms. The van der Waals surface area contributed by atoms with Crippen molar-refractivity contribution in [1.29, 1.82) is 0 Å². The van der Waals surface area contributed by atoms with E-state index in [1.54, 1.807) is 0 Å². The fourth-order valence-electron chi connectivity index (χ4n) is 3.80. The van der Waals surface area contributed by atoms with Gasteiger partial charge < -0.3 is 15.8 Å². The Morgan fingerprint density at radius 2 is 1.77 bits per heavy atom. The van der Waals surface area contributed by atoms with E-state index in [9.17, 15) is 0 Å². The van der Waals surface area contributed by atoms with Crippen LogP contribution in [-0.4, -0.2) is 32.8 Å². The highest BCUT2D eigenvalue weighted by atomic mass is 35.5. The highest BCUT2D eigenvalue weighted by Gasteiger charge is 2.23. The van der Waals surface area contributed by atoms with Crippen molar-refractivity contribution < 1.29 is 4.74 Å². The number of para-hydroxylation sites is 1. The van der Waals surface area contributed by atoms with Crippen LogP contribution in [-0.2, 0) is 0 Å². The molecule has 0 amide bonds. The number of nitrogens with zero attached hydrogens (tertiary/aromatic N) is 4. The molecule has 4 aromatic rings. The van der Waals surface area contributed by atoms with E-state index in [1.165, 1.54) is 6.33 Å². The van der Waals surface area contributed by atoms with E-state index < -0.39 is 0 Å². The molecule has 30 heavy (non-hydrogen) atoms. The number of nitrogens with two attached hydrogens (primary N) is 1. The molecule has 0 radical (unpaired) electrons. The van der Waals surface area contributed by atoms with Crippen molar-refractivity contribution in [2.75, 3.05) is 18.8 Å². The summed E-state index contributed by atoms with van der Waals surface area (Å²) < 4.78 is 7.90. The number of aromatic nitrogens is 4. The van der Waals surface area contributed by atoms with Gasteiger partial charge in [0.1, 0.15) is 29.3 Å².